The molecule has 2 aromatic heterocycles. The fraction of sp³-hybridized carbons (Fsp3) is 0.294. The van der Waals surface area contributed by atoms with Gasteiger partial charge in [0, 0.05) is 12.7 Å². The molecule has 3 aromatic rings. The lowest BCUT2D eigenvalue weighted by Gasteiger charge is -2.06. The summed E-state index contributed by atoms with van der Waals surface area (Å²) in [6, 6.07) is 14.9. The van der Waals surface area contributed by atoms with Crippen LogP contribution in [0.5, 0.6) is 0 Å². The van der Waals surface area contributed by atoms with Crippen molar-refractivity contribution in [3.8, 4) is 0 Å². The first kappa shape index (κ1) is 12.5. The average Bonchev–Trinajstić information content (AvgIpc) is 3.30. The molecule has 0 spiro atoms. The smallest absolute Gasteiger partial charge is 0.160 e. The maximum absolute atomic E-state index is 4.23. The van der Waals surface area contributed by atoms with Crippen LogP contribution in [0.3, 0.4) is 0 Å². The van der Waals surface area contributed by atoms with Gasteiger partial charge in [0.05, 0.1) is 6.54 Å². The molecule has 4 heteroatoms. The molecule has 0 saturated heterocycles. The maximum atomic E-state index is 4.23. The standard InChI is InChI=1S/C17H18N4/c1-2-9-21-16(6-1)19-20-17(21)12-18-11-13-4-3-5-15(10-13)14-7-8-14/h1-6,9-10,14,18H,7-8,11-12H2. The van der Waals surface area contributed by atoms with E-state index in [1.807, 2.05) is 28.8 Å². The van der Waals surface area contributed by atoms with Crippen molar-refractivity contribution in [1.82, 2.24) is 19.9 Å². The molecule has 0 aliphatic heterocycles. The molecular formula is C17H18N4. The molecule has 1 saturated carbocycles. The Hall–Kier alpha value is -2.20. The van der Waals surface area contributed by atoms with Gasteiger partial charge < -0.3 is 5.32 Å². The zero-order chi connectivity index (χ0) is 14.1. The van der Waals surface area contributed by atoms with Crippen molar-refractivity contribution >= 4 is 5.65 Å². The molecule has 1 fully saturated rings. The van der Waals surface area contributed by atoms with Gasteiger partial charge in [-0.2, -0.15) is 0 Å². The minimum Gasteiger partial charge on any atom is -0.306 e. The lowest BCUT2D eigenvalue weighted by Crippen LogP contribution is -2.15. The van der Waals surface area contributed by atoms with Crippen molar-refractivity contribution in [2.45, 2.75) is 31.8 Å². The van der Waals surface area contributed by atoms with Crippen LogP contribution in [0.4, 0.5) is 0 Å². The zero-order valence-electron chi connectivity index (χ0n) is 11.9. The normalized spacial score (nSPS) is 14.7. The van der Waals surface area contributed by atoms with Crippen molar-refractivity contribution in [1.29, 1.82) is 0 Å². The number of aromatic nitrogens is 3. The molecule has 4 rings (SSSR count). The highest BCUT2D eigenvalue weighted by molar-refractivity contribution is 5.37. The highest BCUT2D eigenvalue weighted by Crippen LogP contribution is 2.40. The number of hydrogen-bond acceptors (Lipinski definition) is 3. The third kappa shape index (κ3) is 2.67. The van der Waals surface area contributed by atoms with Crippen molar-refractivity contribution in [3.05, 3.63) is 65.6 Å². The molecule has 2 heterocycles. The van der Waals surface area contributed by atoms with Crippen LogP contribution >= 0.6 is 0 Å². The van der Waals surface area contributed by atoms with Crippen LogP contribution in [0.1, 0.15) is 35.7 Å². The molecule has 0 atom stereocenters. The van der Waals surface area contributed by atoms with Crippen LogP contribution in [-0.4, -0.2) is 14.6 Å². The highest BCUT2D eigenvalue weighted by Gasteiger charge is 2.23. The third-order valence-electron chi connectivity index (χ3n) is 4.00. The summed E-state index contributed by atoms with van der Waals surface area (Å²) < 4.78 is 2.02. The van der Waals surface area contributed by atoms with E-state index in [-0.39, 0.29) is 0 Å². The molecule has 1 aromatic carbocycles. The first-order chi connectivity index (χ1) is 10.4. The van der Waals surface area contributed by atoms with Crippen molar-refractivity contribution in [2.24, 2.45) is 0 Å². The van der Waals surface area contributed by atoms with E-state index in [1.165, 1.54) is 24.0 Å². The van der Waals surface area contributed by atoms with Crippen molar-refractivity contribution in [2.75, 3.05) is 0 Å². The van der Waals surface area contributed by atoms with Crippen LogP contribution in [-0.2, 0) is 13.1 Å². The Balaban J connectivity index is 1.42. The second-order valence-electron chi connectivity index (χ2n) is 5.67. The summed E-state index contributed by atoms with van der Waals surface area (Å²) in [7, 11) is 0. The summed E-state index contributed by atoms with van der Waals surface area (Å²) in [4.78, 5) is 0. The van der Waals surface area contributed by atoms with Crippen molar-refractivity contribution < 1.29 is 0 Å². The monoisotopic (exact) mass is 278 g/mol. The molecule has 4 nitrogen and oxygen atoms in total. The number of rotatable bonds is 5. The lowest BCUT2D eigenvalue weighted by molar-refractivity contribution is 0.656. The fourth-order valence-electron chi connectivity index (χ4n) is 2.70. The Labute approximate surface area is 123 Å². The quantitative estimate of drug-likeness (QED) is 0.780. The van der Waals surface area contributed by atoms with E-state index < -0.39 is 0 Å². The second kappa shape index (κ2) is 5.30. The largest absolute Gasteiger partial charge is 0.306 e. The van der Waals surface area contributed by atoms with Crippen LogP contribution in [0.15, 0.2) is 48.7 Å². The van der Waals surface area contributed by atoms with Gasteiger partial charge in [0.25, 0.3) is 0 Å². The number of nitrogens with zero attached hydrogens (tertiary/aromatic N) is 3. The third-order valence-corrected chi connectivity index (χ3v) is 4.00. The van der Waals surface area contributed by atoms with Gasteiger partial charge in [-0.1, -0.05) is 30.3 Å². The van der Waals surface area contributed by atoms with Crippen LogP contribution in [0.25, 0.3) is 5.65 Å². The summed E-state index contributed by atoms with van der Waals surface area (Å²) in [5.74, 6) is 1.76. The summed E-state index contributed by atoms with van der Waals surface area (Å²) in [6.45, 7) is 1.58. The summed E-state index contributed by atoms with van der Waals surface area (Å²) in [5.41, 5.74) is 3.72. The number of fused-ring (bicyclic) bond motifs is 1. The molecule has 0 unspecified atom stereocenters. The molecular weight excluding hydrogens is 260 g/mol. The summed E-state index contributed by atoms with van der Waals surface area (Å²) >= 11 is 0. The van der Waals surface area contributed by atoms with Crippen LogP contribution in [0, 0.1) is 0 Å². The van der Waals surface area contributed by atoms with Gasteiger partial charge in [0.15, 0.2) is 11.5 Å². The molecule has 1 N–H and O–H groups in total. The minimum absolute atomic E-state index is 0.721. The Morgan fingerprint density at radius 1 is 1.05 bits per heavy atom. The summed E-state index contributed by atoms with van der Waals surface area (Å²) in [6.07, 6.45) is 4.70. The predicted molar refractivity (Wildman–Crippen MR) is 81.9 cm³/mol. The SMILES string of the molecule is c1cc(CNCc2nnc3ccccn23)cc(C2CC2)c1. The van der Waals surface area contributed by atoms with E-state index in [0.29, 0.717) is 0 Å². The van der Waals surface area contributed by atoms with E-state index in [4.69, 9.17) is 0 Å². The number of nitrogens with one attached hydrogen (secondary N) is 1. The molecule has 1 aliphatic carbocycles. The first-order valence-electron chi connectivity index (χ1n) is 7.48. The summed E-state index contributed by atoms with van der Waals surface area (Å²) in [5, 5.41) is 11.9. The van der Waals surface area contributed by atoms with E-state index in [1.54, 1.807) is 0 Å². The predicted octanol–water partition coefficient (Wildman–Crippen LogP) is 2.90. The van der Waals surface area contributed by atoms with Gasteiger partial charge in [-0.25, -0.2) is 0 Å². The number of hydrogen-bond donors (Lipinski definition) is 1. The Kier molecular flexibility index (Phi) is 3.16. The van der Waals surface area contributed by atoms with Gasteiger partial charge in [-0.15, -0.1) is 10.2 Å². The van der Waals surface area contributed by atoms with E-state index in [0.717, 1.165) is 30.5 Å². The molecule has 0 amide bonds. The number of pyridine rings is 1. The van der Waals surface area contributed by atoms with Gasteiger partial charge in [-0.05, 0) is 42.0 Å². The molecule has 21 heavy (non-hydrogen) atoms. The molecule has 106 valence electrons. The van der Waals surface area contributed by atoms with E-state index >= 15 is 0 Å². The fourth-order valence-corrected chi connectivity index (χ4v) is 2.70. The van der Waals surface area contributed by atoms with Crippen molar-refractivity contribution in [3.63, 3.8) is 0 Å². The Morgan fingerprint density at radius 2 is 2.00 bits per heavy atom. The van der Waals surface area contributed by atoms with Crippen LogP contribution in [0.2, 0.25) is 0 Å². The molecule has 0 bridgehead atoms. The van der Waals surface area contributed by atoms with Gasteiger partial charge in [0.1, 0.15) is 0 Å². The highest BCUT2D eigenvalue weighted by atomic mass is 15.3. The van der Waals surface area contributed by atoms with Gasteiger partial charge >= 0.3 is 0 Å². The van der Waals surface area contributed by atoms with Gasteiger partial charge in [0.2, 0.25) is 0 Å². The van der Waals surface area contributed by atoms with Crippen LogP contribution < -0.4 is 5.32 Å². The second-order valence-corrected chi connectivity index (χ2v) is 5.67. The van der Waals surface area contributed by atoms with Gasteiger partial charge in [-0.3, -0.25) is 4.40 Å². The lowest BCUT2D eigenvalue weighted by atomic mass is 10.1. The van der Waals surface area contributed by atoms with E-state index in [9.17, 15) is 0 Å². The number of benzene rings is 1. The Morgan fingerprint density at radius 3 is 2.90 bits per heavy atom. The average molecular weight is 278 g/mol. The molecule has 1 aliphatic rings. The Bertz CT molecular complexity index is 758. The first-order valence-corrected chi connectivity index (χ1v) is 7.48. The topological polar surface area (TPSA) is 42.2 Å². The minimum atomic E-state index is 0.721. The molecule has 0 radical (unpaired) electrons. The van der Waals surface area contributed by atoms with E-state index in [2.05, 4.69) is 39.8 Å². The zero-order valence-corrected chi connectivity index (χ0v) is 11.9. The maximum Gasteiger partial charge on any atom is 0.160 e.